The number of halogens is 1. The number of methoxy groups -OCH3 is 1. The van der Waals surface area contributed by atoms with Crippen molar-refractivity contribution in [3.05, 3.63) is 9.98 Å². The van der Waals surface area contributed by atoms with Crippen molar-refractivity contribution < 1.29 is 14.3 Å². The highest BCUT2D eigenvalue weighted by Gasteiger charge is 2.14. The number of thiazole rings is 1. The topological polar surface area (TPSA) is 68.3 Å². The van der Waals surface area contributed by atoms with Crippen molar-refractivity contribution in [3.8, 4) is 0 Å². The van der Waals surface area contributed by atoms with E-state index in [1.165, 1.54) is 17.5 Å². The van der Waals surface area contributed by atoms with Crippen molar-refractivity contribution in [2.45, 2.75) is 0 Å². The van der Waals surface area contributed by atoms with Gasteiger partial charge >= 0.3 is 11.9 Å². The molecule has 0 spiro atoms. The van der Waals surface area contributed by atoms with Crippen molar-refractivity contribution in [2.24, 2.45) is 0 Å². The third kappa shape index (κ3) is 2.78. The Morgan fingerprint density at radius 3 is 2.85 bits per heavy atom. The zero-order chi connectivity index (χ0) is 9.84. The number of aromatic nitrogens is 1. The number of nitrogens with one attached hydrogen (secondary N) is 1. The molecule has 0 saturated carbocycles. The Hall–Kier alpha value is -0.950. The maximum absolute atomic E-state index is 10.9. The Morgan fingerprint density at radius 1 is 1.69 bits per heavy atom. The van der Waals surface area contributed by atoms with Gasteiger partial charge in [0.1, 0.15) is 0 Å². The van der Waals surface area contributed by atoms with E-state index < -0.39 is 11.9 Å². The van der Waals surface area contributed by atoms with Gasteiger partial charge in [-0.25, -0.2) is 9.78 Å². The summed E-state index contributed by atoms with van der Waals surface area (Å²) in [5.41, 5.74) is 0. The van der Waals surface area contributed by atoms with E-state index in [-0.39, 0.29) is 0 Å². The molecule has 0 radical (unpaired) electrons. The first-order chi connectivity index (χ1) is 6.13. The largest absolute Gasteiger partial charge is 0.462 e. The average Bonchev–Trinajstić information content (AvgIpc) is 2.49. The molecule has 0 aliphatic rings. The number of hydrogen-bond acceptors (Lipinski definition) is 5. The molecule has 1 N–H and O–H groups in total. The van der Waals surface area contributed by atoms with Crippen LogP contribution in [0.2, 0.25) is 0 Å². The molecule has 0 aliphatic carbocycles. The van der Waals surface area contributed by atoms with Gasteiger partial charge in [0.2, 0.25) is 0 Å². The number of ether oxygens (including phenoxy) is 1. The highest BCUT2D eigenvalue weighted by Crippen LogP contribution is 2.22. The molecule has 0 bridgehead atoms. The van der Waals surface area contributed by atoms with Crippen LogP contribution in [0.5, 0.6) is 0 Å². The third-order valence-electron chi connectivity index (χ3n) is 1.07. The quantitative estimate of drug-likeness (QED) is 0.608. The molecule has 0 aliphatic heterocycles. The molecule has 1 aromatic rings. The first-order valence-electron chi connectivity index (χ1n) is 3.14. The van der Waals surface area contributed by atoms with Gasteiger partial charge < -0.3 is 4.74 Å². The molecule has 70 valence electrons. The number of amides is 1. The highest BCUT2D eigenvalue weighted by molar-refractivity contribution is 9.11. The monoisotopic (exact) mass is 264 g/mol. The number of esters is 1. The molecule has 0 unspecified atom stereocenters. The smallest absolute Gasteiger partial charge is 0.396 e. The van der Waals surface area contributed by atoms with Gasteiger partial charge in [-0.15, -0.1) is 0 Å². The molecule has 1 rings (SSSR count). The van der Waals surface area contributed by atoms with Gasteiger partial charge in [0.15, 0.2) is 5.13 Å². The lowest BCUT2D eigenvalue weighted by Gasteiger charge is -1.97. The molecule has 13 heavy (non-hydrogen) atoms. The zero-order valence-corrected chi connectivity index (χ0v) is 8.94. The molecular formula is C6H5BrN2O3S. The van der Waals surface area contributed by atoms with E-state index in [0.717, 1.165) is 10.9 Å². The van der Waals surface area contributed by atoms with Gasteiger partial charge in [-0.3, -0.25) is 10.1 Å². The predicted octanol–water partition coefficient (Wildman–Crippen LogP) is 1.02. The molecular weight excluding hydrogens is 260 g/mol. The summed E-state index contributed by atoms with van der Waals surface area (Å²) in [7, 11) is 1.14. The summed E-state index contributed by atoms with van der Waals surface area (Å²) in [6.07, 6.45) is 1.53. The van der Waals surface area contributed by atoms with Gasteiger partial charge in [0.25, 0.3) is 0 Å². The summed E-state index contributed by atoms with van der Waals surface area (Å²) in [6.45, 7) is 0. The normalized spacial score (nSPS) is 9.38. The minimum Gasteiger partial charge on any atom is -0.462 e. The second-order valence-corrected chi connectivity index (χ2v) is 4.33. The van der Waals surface area contributed by atoms with E-state index in [9.17, 15) is 9.59 Å². The Kier molecular flexibility index (Phi) is 3.38. The summed E-state index contributed by atoms with van der Waals surface area (Å²) in [5, 5.41) is 2.63. The van der Waals surface area contributed by atoms with E-state index in [0.29, 0.717) is 5.13 Å². The number of nitrogens with zero attached hydrogens (tertiary/aromatic N) is 1. The van der Waals surface area contributed by atoms with Crippen LogP contribution < -0.4 is 5.32 Å². The fraction of sp³-hybridized carbons (Fsp3) is 0.167. The van der Waals surface area contributed by atoms with Gasteiger partial charge in [-0.05, 0) is 15.9 Å². The number of hydrogen-bond donors (Lipinski definition) is 1. The molecule has 1 heterocycles. The van der Waals surface area contributed by atoms with Crippen molar-refractivity contribution in [1.29, 1.82) is 0 Å². The van der Waals surface area contributed by atoms with Crippen molar-refractivity contribution >= 4 is 44.3 Å². The van der Waals surface area contributed by atoms with Gasteiger partial charge in [-0.2, -0.15) is 0 Å². The maximum atomic E-state index is 10.9. The van der Waals surface area contributed by atoms with Crippen LogP contribution in [0.3, 0.4) is 0 Å². The fourth-order valence-corrected chi connectivity index (χ4v) is 1.65. The first kappa shape index (κ1) is 10.1. The molecule has 1 aromatic heterocycles. The van der Waals surface area contributed by atoms with E-state index >= 15 is 0 Å². The number of carbonyl (C=O) groups is 2. The zero-order valence-electron chi connectivity index (χ0n) is 6.54. The van der Waals surface area contributed by atoms with Gasteiger partial charge in [0.05, 0.1) is 17.1 Å². The predicted molar refractivity (Wildman–Crippen MR) is 50.5 cm³/mol. The maximum Gasteiger partial charge on any atom is 0.396 e. The summed E-state index contributed by atoms with van der Waals surface area (Å²) < 4.78 is 4.98. The molecule has 1 amide bonds. The van der Waals surface area contributed by atoms with Crippen LogP contribution in [-0.4, -0.2) is 24.0 Å². The molecule has 5 nitrogen and oxygen atoms in total. The Labute approximate surface area is 86.2 Å². The molecule has 0 atom stereocenters. The van der Waals surface area contributed by atoms with Crippen molar-refractivity contribution in [2.75, 3.05) is 12.4 Å². The van der Waals surface area contributed by atoms with Crippen LogP contribution in [-0.2, 0) is 14.3 Å². The first-order valence-corrected chi connectivity index (χ1v) is 4.75. The minimum atomic E-state index is -0.939. The second-order valence-electron chi connectivity index (χ2n) is 1.92. The van der Waals surface area contributed by atoms with Gasteiger partial charge in [0, 0.05) is 0 Å². The lowest BCUT2D eigenvalue weighted by atomic mass is 10.6. The fourth-order valence-electron chi connectivity index (χ4n) is 0.553. The number of rotatable bonds is 1. The summed E-state index contributed by atoms with van der Waals surface area (Å²) in [6, 6.07) is 0. The van der Waals surface area contributed by atoms with E-state index in [1.54, 1.807) is 0 Å². The lowest BCUT2D eigenvalue weighted by Crippen LogP contribution is -2.23. The average molecular weight is 265 g/mol. The summed E-state index contributed by atoms with van der Waals surface area (Å²) in [5.74, 6) is -1.77. The van der Waals surface area contributed by atoms with Crippen molar-refractivity contribution in [1.82, 2.24) is 4.98 Å². The molecule has 7 heteroatoms. The Balaban J connectivity index is 2.60. The van der Waals surface area contributed by atoms with Crippen LogP contribution in [0.15, 0.2) is 9.98 Å². The van der Waals surface area contributed by atoms with Crippen LogP contribution in [0.1, 0.15) is 0 Å². The van der Waals surface area contributed by atoms with Crippen LogP contribution >= 0.6 is 27.3 Å². The SMILES string of the molecule is COC(=O)C(=O)Nc1ncc(Br)s1. The Morgan fingerprint density at radius 2 is 2.38 bits per heavy atom. The standard InChI is InChI=1S/C6H5BrN2O3S/c1-12-5(11)4(10)9-6-8-2-3(7)13-6/h2H,1H3,(H,8,9,10). The van der Waals surface area contributed by atoms with Crippen LogP contribution in [0.25, 0.3) is 0 Å². The summed E-state index contributed by atoms with van der Waals surface area (Å²) in [4.78, 5) is 25.4. The number of carbonyl (C=O) groups excluding carboxylic acids is 2. The molecule has 0 aromatic carbocycles. The van der Waals surface area contributed by atoms with Crippen LogP contribution in [0, 0.1) is 0 Å². The minimum absolute atomic E-state index is 0.349. The van der Waals surface area contributed by atoms with E-state index in [4.69, 9.17) is 0 Å². The second kappa shape index (κ2) is 4.33. The van der Waals surface area contributed by atoms with Crippen molar-refractivity contribution in [3.63, 3.8) is 0 Å². The van der Waals surface area contributed by atoms with E-state index in [1.807, 2.05) is 0 Å². The highest BCUT2D eigenvalue weighted by atomic mass is 79.9. The van der Waals surface area contributed by atoms with Gasteiger partial charge in [-0.1, -0.05) is 11.3 Å². The number of anilines is 1. The Bertz CT molecular complexity index is 338. The molecule has 0 fully saturated rings. The lowest BCUT2D eigenvalue weighted by molar-refractivity contribution is -0.150. The molecule has 0 saturated heterocycles. The van der Waals surface area contributed by atoms with Crippen LogP contribution in [0.4, 0.5) is 5.13 Å². The summed E-state index contributed by atoms with van der Waals surface area (Å²) >= 11 is 4.37. The van der Waals surface area contributed by atoms with E-state index in [2.05, 4.69) is 31.0 Å². The third-order valence-corrected chi connectivity index (χ3v) is 2.46.